The van der Waals surface area contributed by atoms with E-state index in [0.717, 1.165) is 42.8 Å². The van der Waals surface area contributed by atoms with Crippen LogP contribution in [0.3, 0.4) is 0 Å². The van der Waals surface area contributed by atoms with Gasteiger partial charge in [-0.25, -0.2) is 9.78 Å². The fourth-order valence-electron chi connectivity index (χ4n) is 4.25. The predicted molar refractivity (Wildman–Crippen MR) is 117 cm³/mol. The highest BCUT2D eigenvalue weighted by Gasteiger charge is 2.32. The standard InChI is InChI=1S/C24H33N3O2/c1-18(2)27(19(3)4)23-21(13-10-15-25-23)22-14-8-9-16-26(22)24(28)29-17-20-11-6-5-7-12-20/h5-7,10-13,15,18-19,22H,8-9,14,16-17H2,1-4H3/t22-/m0/s1. The first-order valence-electron chi connectivity index (χ1n) is 10.7. The molecule has 1 aliphatic rings. The summed E-state index contributed by atoms with van der Waals surface area (Å²) in [7, 11) is 0. The quantitative estimate of drug-likeness (QED) is 0.641. The minimum atomic E-state index is -0.242. The lowest BCUT2D eigenvalue weighted by Gasteiger charge is -2.39. The maximum atomic E-state index is 13.0. The lowest BCUT2D eigenvalue weighted by atomic mass is 9.95. The van der Waals surface area contributed by atoms with E-state index < -0.39 is 0 Å². The molecule has 0 saturated carbocycles. The summed E-state index contributed by atoms with van der Waals surface area (Å²) in [5.74, 6) is 0.977. The van der Waals surface area contributed by atoms with Gasteiger partial charge < -0.3 is 14.5 Å². The van der Waals surface area contributed by atoms with Gasteiger partial charge in [0.05, 0.1) is 6.04 Å². The SMILES string of the molecule is CC(C)N(c1ncccc1[C@@H]1CCCCN1C(=O)OCc1ccccc1)C(C)C. The zero-order valence-corrected chi connectivity index (χ0v) is 18.0. The minimum absolute atomic E-state index is 0.00396. The van der Waals surface area contributed by atoms with E-state index in [1.54, 1.807) is 0 Å². The molecule has 3 rings (SSSR count). The van der Waals surface area contributed by atoms with Gasteiger partial charge in [-0.3, -0.25) is 0 Å². The third kappa shape index (κ3) is 5.08. The van der Waals surface area contributed by atoms with Gasteiger partial charge in [-0.05, 0) is 58.6 Å². The highest BCUT2D eigenvalue weighted by atomic mass is 16.6. The van der Waals surface area contributed by atoms with Crippen molar-refractivity contribution in [2.75, 3.05) is 11.4 Å². The number of anilines is 1. The van der Waals surface area contributed by atoms with E-state index in [2.05, 4.69) is 38.7 Å². The number of ether oxygens (including phenoxy) is 1. The second kappa shape index (κ2) is 9.77. The predicted octanol–water partition coefficient (Wildman–Crippen LogP) is 5.57. The number of hydrogen-bond acceptors (Lipinski definition) is 4. The van der Waals surface area contributed by atoms with Crippen LogP contribution in [0.25, 0.3) is 0 Å². The van der Waals surface area contributed by atoms with E-state index in [1.807, 2.05) is 47.5 Å². The van der Waals surface area contributed by atoms with Gasteiger partial charge in [-0.2, -0.15) is 0 Å². The van der Waals surface area contributed by atoms with Crippen molar-refractivity contribution >= 4 is 11.9 Å². The summed E-state index contributed by atoms with van der Waals surface area (Å²) in [6.45, 7) is 9.76. The first-order valence-corrected chi connectivity index (χ1v) is 10.7. The Hall–Kier alpha value is -2.56. The van der Waals surface area contributed by atoms with Gasteiger partial charge in [-0.15, -0.1) is 0 Å². The first-order chi connectivity index (χ1) is 14.0. The van der Waals surface area contributed by atoms with Crippen LogP contribution in [0.15, 0.2) is 48.7 Å². The second-order valence-electron chi connectivity index (χ2n) is 8.26. The number of aromatic nitrogens is 1. The third-order valence-corrected chi connectivity index (χ3v) is 5.48. The number of nitrogens with zero attached hydrogens (tertiary/aromatic N) is 3. The van der Waals surface area contributed by atoms with E-state index in [1.165, 1.54) is 0 Å². The number of piperidine rings is 1. The number of hydrogen-bond donors (Lipinski definition) is 0. The molecule has 2 heterocycles. The molecule has 0 spiro atoms. The van der Waals surface area contributed by atoms with Crippen molar-refractivity contribution in [2.45, 2.75) is 71.7 Å². The highest BCUT2D eigenvalue weighted by Crippen LogP contribution is 2.37. The molecule has 0 bridgehead atoms. The number of benzene rings is 1. The fraction of sp³-hybridized carbons (Fsp3) is 0.500. The Labute approximate surface area is 174 Å². The van der Waals surface area contributed by atoms with Gasteiger partial charge in [-0.1, -0.05) is 36.4 Å². The monoisotopic (exact) mass is 395 g/mol. The summed E-state index contributed by atoms with van der Waals surface area (Å²) in [4.78, 5) is 21.9. The molecule has 2 aromatic rings. The third-order valence-electron chi connectivity index (χ3n) is 5.48. The molecule has 1 saturated heterocycles. The lowest BCUT2D eigenvalue weighted by Crippen LogP contribution is -2.42. The highest BCUT2D eigenvalue weighted by molar-refractivity contribution is 5.69. The fourth-order valence-corrected chi connectivity index (χ4v) is 4.25. The van der Waals surface area contributed by atoms with Crippen molar-refractivity contribution in [2.24, 2.45) is 0 Å². The molecule has 1 aromatic carbocycles. The average Bonchev–Trinajstić information content (AvgIpc) is 2.73. The van der Waals surface area contributed by atoms with Crippen LogP contribution in [0, 0.1) is 0 Å². The molecular weight excluding hydrogens is 362 g/mol. The maximum absolute atomic E-state index is 13.0. The largest absolute Gasteiger partial charge is 0.445 e. The Morgan fingerprint density at radius 3 is 2.52 bits per heavy atom. The minimum Gasteiger partial charge on any atom is -0.445 e. The zero-order valence-electron chi connectivity index (χ0n) is 18.0. The van der Waals surface area contributed by atoms with Crippen molar-refractivity contribution < 1.29 is 9.53 Å². The van der Waals surface area contributed by atoms with Gasteiger partial charge in [0.1, 0.15) is 12.4 Å². The second-order valence-corrected chi connectivity index (χ2v) is 8.26. The van der Waals surface area contributed by atoms with Crippen molar-refractivity contribution in [3.05, 3.63) is 59.8 Å². The summed E-state index contributed by atoms with van der Waals surface area (Å²) in [5.41, 5.74) is 2.12. The summed E-state index contributed by atoms with van der Waals surface area (Å²) in [6, 6.07) is 14.6. The van der Waals surface area contributed by atoms with E-state index in [4.69, 9.17) is 9.72 Å². The van der Waals surface area contributed by atoms with Crippen LogP contribution >= 0.6 is 0 Å². The maximum Gasteiger partial charge on any atom is 0.410 e. The van der Waals surface area contributed by atoms with Crippen LogP contribution in [-0.2, 0) is 11.3 Å². The number of carbonyl (C=O) groups is 1. The number of amides is 1. The van der Waals surface area contributed by atoms with Crippen molar-refractivity contribution in [1.29, 1.82) is 0 Å². The smallest absolute Gasteiger partial charge is 0.410 e. The molecule has 1 aliphatic heterocycles. The zero-order chi connectivity index (χ0) is 20.8. The molecule has 1 aromatic heterocycles. The Morgan fingerprint density at radius 2 is 1.83 bits per heavy atom. The Bertz CT molecular complexity index is 784. The summed E-state index contributed by atoms with van der Waals surface area (Å²) in [5, 5.41) is 0. The van der Waals surface area contributed by atoms with Crippen LogP contribution in [0.4, 0.5) is 10.6 Å². The Kier molecular flexibility index (Phi) is 7.13. The van der Waals surface area contributed by atoms with Gasteiger partial charge >= 0.3 is 6.09 Å². The number of rotatable bonds is 6. The number of carbonyl (C=O) groups excluding carboxylic acids is 1. The molecule has 5 nitrogen and oxygen atoms in total. The van der Waals surface area contributed by atoms with Gasteiger partial charge in [0.2, 0.25) is 0 Å². The van der Waals surface area contributed by atoms with Crippen molar-refractivity contribution in [3.63, 3.8) is 0 Å². The van der Waals surface area contributed by atoms with Gasteiger partial charge in [0.25, 0.3) is 0 Å². The van der Waals surface area contributed by atoms with Gasteiger partial charge in [0, 0.05) is 30.4 Å². The van der Waals surface area contributed by atoms with Crippen LogP contribution in [0.5, 0.6) is 0 Å². The topological polar surface area (TPSA) is 45.7 Å². The van der Waals surface area contributed by atoms with E-state index in [-0.39, 0.29) is 12.1 Å². The van der Waals surface area contributed by atoms with Crippen LogP contribution in [0.2, 0.25) is 0 Å². The summed E-state index contributed by atoms with van der Waals surface area (Å²) in [6.07, 6.45) is 4.64. The normalized spacial score (nSPS) is 16.9. The van der Waals surface area contributed by atoms with Crippen LogP contribution < -0.4 is 4.90 Å². The molecule has 0 aliphatic carbocycles. The molecule has 5 heteroatoms. The molecule has 1 atom stereocenters. The number of pyridine rings is 1. The van der Waals surface area contributed by atoms with Crippen molar-refractivity contribution in [3.8, 4) is 0 Å². The summed E-state index contributed by atoms with van der Waals surface area (Å²) < 4.78 is 5.67. The van der Waals surface area contributed by atoms with E-state index in [0.29, 0.717) is 18.7 Å². The molecule has 156 valence electrons. The molecule has 1 fully saturated rings. The number of likely N-dealkylation sites (tertiary alicyclic amines) is 1. The molecule has 0 radical (unpaired) electrons. The summed E-state index contributed by atoms with van der Waals surface area (Å²) >= 11 is 0. The molecular formula is C24H33N3O2. The molecule has 0 N–H and O–H groups in total. The molecule has 0 unspecified atom stereocenters. The lowest BCUT2D eigenvalue weighted by molar-refractivity contribution is 0.0679. The Balaban J connectivity index is 1.83. The average molecular weight is 396 g/mol. The molecule has 29 heavy (non-hydrogen) atoms. The van der Waals surface area contributed by atoms with E-state index >= 15 is 0 Å². The van der Waals surface area contributed by atoms with Crippen LogP contribution in [0.1, 0.15) is 64.1 Å². The molecule has 1 amide bonds. The van der Waals surface area contributed by atoms with Gasteiger partial charge in [0.15, 0.2) is 0 Å². The Morgan fingerprint density at radius 1 is 1.10 bits per heavy atom. The van der Waals surface area contributed by atoms with Crippen molar-refractivity contribution in [1.82, 2.24) is 9.88 Å². The first kappa shape index (κ1) is 21.2. The van der Waals surface area contributed by atoms with Crippen LogP contribution in [-0.4, -0.2) is 34.6 Å². The van der Waals surface area contributed by atoms with E-state index in [9.17, 15) is 4.79 Å².